The average molecular weight is 375 g/mol. The van der Waals surface area contributed by atoms with E-state index in [-0.39, 0.29) is 6.10 Å². The zero-order valence-electron chi connectivity index (χ0n) is 15.0. The van der Waals surface area contributed by atoms with Crippen LogP contribution in [0.15, 0.2) is 53.4 Å². The molecule has 0 heterocycles. The third-order valence-electron chi connectivity index (χ3n) is 3.36. The lowest BCUT2D eigenvalue weighted by Crippen LogP contribution is -2.29. The molecule has 0 aliphatic carbocycles. The zero-order valence-corrected chi connectivity index (χ0v) is 16.7. The molecule has 0 saturated carbocycles. The lowest BCUT2D eigenvalue weighted by Gasteiger charge is -2.13. The molecule has 134 valence electrons. The fourth-order valence-corrected chi connectivity index (χ4v) is 3.27. The van der Waals surface area contributed by atoms with Crippen molar-refractivity contribution in [2.75, 3.05) is 17.6 Å². The second kappa shape index (κ2) is 10.3. The Morgan fingerprint density at radius 2 is 1.92 bits per heavy atom. The first-order chi connectivity index (χ1) is 12.0. The number of hydrogen-bond donors (Lipinski definition) is 2. The van der Waals surface area contributed by atoms with Crippen molar-refractivity contribution in [2.45, 2.75) is 38.2 Å². The van der Waals surface area contributed by atoms with Gasteiger partial charge in [-0.05, 0) is 69.4 Å². The Labute approximate surface area is 160 Å². The number of thioether (sulfide) groups is 1. The summed E-state index contributed by atoms with van der Waals surface area (Å²) in [5.74, 6) is 1.91. The summed E-state index contributed by atoms with van der Waals surface area (Å²) >= 11 is 7.23. The second-order valence-electron chi connectivity index (χ2n) is 6.09. The summed E-state index contributed by atoms with van der Waals surface area (Å²) in [4.78, 5) is 1.31. The van der Waals surface area contributed by atoms with Gasteiger partial charge in [0.25, 0.3) is 0 Å². The Morgan fingerprint density at radius 1 is 1.16 bits per heavy atom. The number of aryl methyl sites for hydroxylation is 1. The summed E-state index contributed by atoms with van der Waals surface area (Å²) in [6.45, 7) is 6.99. The van der Waals surface area contributed by atoms with Crippen LogP contribution in [0.2, 0.25) is 0 Å². The van der Waals surface area contributed by atoms with Crippen molar-refractivity contribution in [3.05, 3.63) is 54.1 Å². The minimum absolute atomic E-state index is 0.159. The van der Waals surface area contributed by atoms with Gasteiger partial charge < -0.3 is 15.4 Å². The number of nitrogens with one attached hydrogen (secondary N) is 2. The van der Waals surface area contributed by atoms with Crippen molar-refractivity contribution >= 4 is 34.8 Å². The molecule has 0 aliphatic rings. The standard InChI is InChI=1S/C20H26N2OS2/c1-15(2)23-18-7-4-6-17(14-18)22-20(24)21-12-5-13-25-19-10-8-16(3)9-11-19/h4,6-11,14-15H,5,12-13H2,1-3H3,(H2,21,22,24). The first-order valence-corrected chi connectivity index (χ1v) is 9.93. The first-order valence-electron chi connectivity index (χ1n) is 8.54. The van der Waals surface area contributed by atoms with Crippen LogP contribution in [0.1, 0.15) is 25.8 Å². The van der Waals surface area contributed by atoms with Gasteiger partial charge in [0.15, 0.2) is 5.11 Å². The molecule has 2 aromatic rings. The van der Waals surface area contributed by atoms with E-state index in [1.807, 2.05) is 49.9 Å². The maximum Gasteiger partial charge on any atom is 0.170 e. The highest BCUT2D eigenvalue weighted by Crippen LogP contribution is 2.19. The predicted octanol–water partition coefficient (Wildman–Crippen LogP) is 5.25. The minimum Gasteiger partial charge on any atom is -0.491 e. The topological polar surface area (TPSA) is 33.3 Å². The molecule has 25 heavy (non-hydrogen) atoms. The Balaban J connectivity index is 1.66. The Bertz CT molecular complexity index is 672. The van der Waals surface area contributed by atoms with E-state index < -0.39 is 0 Å². The first kappa shape index (κ1) is 19.6. The van der Waals surface area contributed by atoms with E-state index in [1.54, 1.807) is 0 Å². The maximum absolute atomic E-state index is 5.69. The van der Waals surface area contributed by atoms with E-state index in [9.17, 15) is 0 Å². The van der Waals surface area contributed by atoms with Crippen LogP contribution in [0.25, 0.3) is 0 Å². The summed E-state index contributed by atoms with van der Waals surface area (Å²) in [5, 5.41) is 7.10. The van der Waals surface area contributed by atoms with Gasteiger partial charge in [0.1, 0.15) is 5.75 Å². The fraction of sp³-hybridized carbons (Fsp3) is 0.350. The lowest BCUT2D eigenvalue weighted by atomic mass is 10.2. The maximum atomic E-state index is 5.69. The Hall–Kier alpha value is -1.72. The van der Waals surface area contributed by atoms with E-state index in [2.05, 4.69) is 41.8 Å². The predicted molar refractivity (Wildman–Crippen MR) is 113 cm³/mol. The van der Waals surface area contributed by atoms with E-state index in [1.165, 1.54) is 10.5 Å². The third kappa shape index (κ3) is 7.80. The number of benzene rings is 2. The van der Waals surface area contributed by atoms with E-state index in [0.717, 1.165) is 30.2 Å². The van der Waals surface area contributed by atoms with Crippen LogP contribution in [0.3, 0.4) is 0 Å². The van der Waals surface area contributed by atoms with Gasteiger partial charge in [0.2, 0.25) is 0 Å². The quantitative estimate of drug-likeness (QED) is 0.375. The molecule has 0 atom stereocenters. The average Bonchev–Trinajstić information content (AvgIpc) is 2.56. The largest absolute Gasteiger partial charge is 0.491 e. The molecule has 2 N–H and O–H groups in total. The Morgan fingerprint density at radius 3 is 2.64 bits per heavy atom. The van der Waals surface area contributed by atoms with Crippen molar-refractivity contribution in [3.63, 3.8) is 0 Å². The summed E-state index contributed by atoms with van der Waals surface area (Å²) in [7, 11) is 0. The molecule has 0 aromatic heterocycles. The van der Waals surface area contributed by atoms with Gasteiger partial charge >= 0.3 is 0 Å². The van der Waals surface area contributed by atoms with Crippen molar-refractivity contribution in [1.29, 1.82) is 0 Å². The van der Waals surface area contributed by atoms with Gasteiger partial charge in [-0.1, -0.05) is 23.8 Å². The highest BCUT2D eigenvalue weighted by Gasteiger charge is 2.01. The molecule has 0 amide bonds. The molecule has 2 aromatic carbocycles. The molecule has 0 spiro atoms. The minimum atomic E-state index is 0.159. The second-order valence-corrected chi connectivity index (χ2v) is 7.67. The van der Waals surface area contributed by atoms with Crippen molar-refractivity contribution in [2.24, 2.45) is 0 Å². The molecule has 0 bridgehead atoms. The lowest BCUT2D eigenvalue weighted by molar-refractivity contribution is 0.242. The van der Waals surface area contributed by atoms with Crippen LogP contribution in [0.5, 0.6) is 5.75 Å². The van der Waals surface area contributed by atoms with Gasteiger partial charge in [0, 0.05) is 23.2 Å². The van der Waals surface area contributed by atoms with Gasteiger partial charge in [-0.25, -0.2) is 0 Å². The monoisotopic (exact) mass is 374 g/mol. The molecular weight excluding hydrogens is 348 g/mol. The number of thiocarbonyl (C=S) groups is 1. The molecule has 5 heteroatoms. The van der Waals surface area contributed by atoms with Crippen molar-refractivity contribution in [1.82, 2.24) is 5.32 Å². The Kier molecular flexibility index (Phi) is 8.09. The summed E-state index contributed by atoms with van der Waals surface area (Å²) in [6.07, 6.45) is 1.21. The van der Waals surface area contributed by atoms with Crippen LogP contribution in [0, 0.1) is 6.92 Å². The SMILES string of the molecule is Cc1ccc(SCCCNC(=S)Nc2cccc(OC(C)C)c2)cc1. The van der Waals surface area contributed by atoms with Gasteiger partial charge in [-0.3, -0.25) is 0 Å². The number of anilines is 1. The van der Waals surface area contributed by atoms with Crippen molar-refractivity contribution < 1.29 is 4.74 Å². The van der Waals surface area contributed by atoms with E-state index >= 15 is 0 Å². The summed E-state index contributed by atoms with van der Waals surface area (Å²) in [5.41, 5.74) is 2.23. The molecule has 0 aliphatic heterocycles. The van der Waals surface area contributed by atoms with Crippen LogP contribution in [-0.2, 0) is 0 Å². The van der Waals surface area contributed by atoms with E-state index in [4.69, 9.17) is 17.0 Å². The molecule has 2 rings (SSSR count). The molecule has 3 nitrogen and oxygen atoms in total. The molecule has 0 saturated heterocycles. The summed E-state index contributed by atoms with van der Waals surface area (Å²) in [6, 6.07) is 16.5. The van der Waals surface area contributed by atoms with Crippen LogP contribution in [0.4, 0.5) is 5.69 Å². The van der Waals surface area contributed by atoms with Gasteiger partial charge in [-0.2, -0.15) is 0 Å². The number of rotatable bonds is 8. The highest BCUT2D eigenvalue weighted by atomic mass is 32.2. The summed E-state index contributed by atoms with van der Waals surface area (Å²) < 4.78 is 5.69. The normalized spacial score (nSPS) is 10.6. The molecule has 0 fully saturated rings. The van der Waals surface area contributed by atoms with E-state index in [0.29, 0.717) is 5.11 Å². The highest BCUT2D eigenvalue weighted by molar-refractivity contribution is 7.99. The van der Waals surface area contributed by atoms with Crippen LogP contribution < -0.4 is 15.4 Å². The number of hydrogen-bond acceptors (Lipinski definition) is 3. The van der Waals surface area contributed by atoms with Gasteiger partial charge in [0.05, 0.1) is 6.10 Å². The van der Waals surface area contributed by atoms with Gasteiger partial charge in [-0.15, -0.1) is 11.8 Å². The molecule has 0 radical (unpaired) electrons. The smallest absolute Gasteiger partial charge is 0.170 e. The van der Waals surface area contributed by atoms with Crippen LogP contribution >= 0.6 is 24.0 Å². The molecule has 0 unspecified atom stereocenters. The van der Waals surface area contributed by atoms with Crippen LogP contribution in [-0.4, -0.2) is 23.5 Å². The molecular formula is C20H26N2OS2. The fourth-order valence-electron chi connectivity index (χ4n) is 2.19. The van der Waals surface area contributed by atoms with Crippen molar-refractivity contribution in [3.8, 4) is 5.75 Å². The number of ether oxygens (including phenoxy) is 1. The zero-order chi connectivity index (χ0) is 18.1. The third-order valence-corrected chi connectivity index (χ3v) is 4.70.